The molecule has 1 amide bonds. The van der Waals surface area contributed by atoms with Gasteiger partial charge in [-0.1, -0.05) is 36.4 Å². The molecule has 0 spiro atoms. The number of hydrogen-bond acceptors (Lipinski definition) is 2. The third-order valence-electron chi connectivity index (χ3n) is 3.39. The summed E-state index contributed by atoms with van der Waals surface area (Å²) in [6.45, 7) is 5.23. The van der Waals surface area contributed by atoms with E-state index in [9.17, 15) is 4.79 Å². The van der Waals surface area contributed by atoms with Gasteiger partial charge in [-0.3, -0.25) is 4.79 Å². The molecule has 3 heteroatoms. The van der Waals surface area contributed by atoms with Gasteiger partial charge in [-0.2, -0.15) is 0 Å². The zero-order valence-corrected chi connectivity index (χ0v) is 12.7. The molecule has 3 nitrogen and oxygen atoms in total. The molecular weight excluding hydrogens is 260 g/mol. The molecule has 2 rings (SSSR count). The molecule has 0 aromatic heterocycles. The number of amides is 1. The van der Waals surface area contributed by atoms with Crippen molar-refractivity contribution in [3.05, 3.63) is 60.2 Å². The van der Waals surface area contributed by atoms with Crippen molar-refractivity contribution in [1.29, 1.82) is 0 Å². The second-order valence-corrected chi connectivity index (χ2v) is 4.99. The van der Waals surface area contributed by atoms with E-state index >= 15 is 0 Å². The van der Waals surface area contributed by atoms with Gasteiger partial charge in [0.1, 0.15) is 0 Å². The first-order valence-electron chi connectivity index (χ1n) is 7.36. The van der Waals surface area contributed by atoms with E-state index < -0.39 is 0 Å². The van der Waals surface area contributed by atoms with Crippen LogP contribution in [-0.4, -0.2) is 19.0 Å². The monoisotopic (exact) mass is 282 g/mol. The molecular formula is C18H22N2O. The number of carbonyl (C=O) groups is 1. The van der Waals surface area contributed by atoms with Gasteiger partial charge in [0.25, 0.3) is 0 Å². The first kappa shape index (κ1) is 15.1. The van der Waals surface area contributed by atoms with E-state index in [1.165, 1.54) is 5.56 Å². The maximum Gasteiger partial charge on any atom is 0.223 e. The number of nitrogens with zero attached hydrogens (tertiary/aromatic N) is 1. The molecule has 0 aliphatic heterocycles. The largest absolute Gasteiger partial charge is 0.385 e. The molecule has 0 atom stereocenters. The van der Waals surface area contributed by atoms with E-state index in [2.05, 4.69) is 24.4 Å². The van der Waals surface area contributed by atoms with Crippen LogP contribution in [0.25, 0.3) is 0 Å². The van der Waals surface area contributed by atoms with Crippen molar-refractivity contribution in [3.63, 3.8) is 0 Å². The van der Waals surface area contributed by atoms with Gasteiger partial charge < -0.3 is 10.2 Å². The van der Waals surface area contributed by atoms with E-state index in [0.717, 1.165) is 24.3 Å². The average Bonchev–Trinajstić information content (AvgIpc) is 2.49. The second-order valence-electron chi connectivity index (χ2n) is 4.99. The molecule has 0 unspecified atom stereocenters. The van der Waals surface area contributed by atoms with Gasteiger partial charge in [0.15, 0.2) is 0 Å². The molecule has 1 N–H and O–H groups in total. The summed E-state index contributed by atoms with van der Waals surface area (Å²) in [6, 6.07) is 18.2. The molecule has 110 valence electrons. The maximum atomic E-state index is 11.9. The Morgan fingerprint density at radius 3 is 2.52 bits per heavy atom. The van der Waals surface area contributed by atoms with Crippen LogP contribution in [-0.2, 0) is 11.2 Å². The Bertz CT molecular complexity index is 581. The summed E-state index contributed by atoms with van der Waals surface area (Å²) in [5.41, 5.74) is 3.23. The highest BCUT2D eigenvalue weighted by molar-refractivity contribution is 5.92. The molecule has 0 saturated carbocycles. The molecule has 2 aromatic carbocycles. The minimum atomic E-state index is 0.0691. The molecule has 21 heavy (non-hydrogen) atoms. The number of hydrogen-bond donors (Lipinski definition) is 1. The van der Waals surface area contributed by atoms with Crippen molar-refractivity contribution in [1.82, 2.24) is 0 Å². The maximum absolute atomic E-state index is 11.9. The first-order valence-corrected chi connectivity index (χ1v) is 7.36. The van der Waals surface area contributed by atoms with Crippen LogP contribution in [0.1, 0.15) is 19.4 Å². The molecule has 0 fully saturated rings. The molecule has 0 saturated heterocycles. The molecule has 0 heterocycles. The van der Waals surface area contributed by atoms with E-state index in [-0.39, 0.29) is 5.91 Å². The van der Waals surface area contributed by atoms with Gasteiger partial charge in [0.05, 0.1) is 0 Å². The molecule has 0 aliphatic rings. The van der Waals surface area contributed by atoms with E-state index in [0.29, 0.717) is 6.54 Å². The van der Waals surface area contributed by atoms with Crippen molar-refractivity contribution in [3.8, 4) is 0 Å². The smallest absolute Gasteiger partial charge is 0.223 e. The van der Waals surface area contributed by atoms with Crippen LogP contribution in [0.2, 0.25) is 0 Å². The van der Waals surface area contributed by atoms with Gasteiger partial charge in [0.2, 0.25) is 5.91 Å². The zero-order chi connectivity index (χ0) is 15.1. The summed E-state index contributed by atoms with van der Waals surface area (Å²) in [7, 11) is 0. The summed E-state index contributed by atoms with van der Waals surface area (Å²) in [5.74, 6) is 0.0691. The summed E-state index contributed by atoms with van der Waals surface area (Å²) in [5, 5.41) is 3.28. The van der Waals surface area contributed by atoms with E-state index in [1.807, 2.05) is 47.4 Å². The Morgan fingerprint density at radius 2 is 1.86 bits per heavy atom. The minimum Gasteiger partial charge on any atom is -0.385 e. The second kappa shape index (κ2) is 7.48. The fraction of sp³-hybridized carbons (Fsp3) is 0.278. The highest BCUT2D eigenvalue weighted by Gasteiger charge is 2.11. The predicted molar refractivity (Wildman–Crippen MR) is 88.8 cm³/mol. The van der Waals surface area contributed by atoms with Crippen LogP contribution >= 0.6 is 0 Å². The number of rotatable bonds is 6. The fourth-order valence-electron chi connectivity index (χ4n) is 2.34. The lowest BCUT2D eigenvalue weighted by molar-refractivity contribution is -0.116. The Balaban J connectivity index is 2.11. The third kappa shape index (κ3) is 4.35. The lowest BCUT2D eigenvalue weighted by Gasteiger charge is -2.22. The van der Waals surface area contributed by atoms with Crippen molar-refractivity contribution in [2.45, 2.75) is 20.3 Å². The van der Waals surface area contributed by atoms with Crippen LogP contribution in [0.4, 0.5) is 11.4 Å². The van der Waals surface area contributed by atoms with Crippen LogP contribution in [0.3, 0.4) is 0 Å². The van der Waals surface area contributed by atoms with Gasteiger partial charge in [-0.15, -0.1) is 0 Å². The van der Waals surface area contributed by atoms with E-state index in [4.69, 9.17) is 0 Å². The van der Waals surface area contributed by atoms with Gasteiger partial charge in [-0.05, 0) is 37.1 Å². The summed E-state index contributed by atoms with van der Waals surface area (Å²) < 4.78 is 0. The van der Waals surface area contributed by atoms with Crippen LogP contribution in [0, 0.1) is 0 Å². The van der Waals surface area contributed by atoms with Crippen LogP contribution in [0.15, 0.2) is 54.6 Å². The van der Waals surface area contributed by atoms with E-state index in [1.54, 1.807) is 6.92 Å². The SMILES string of the molecule is CCNc1cccc(N(CCc2ccccc2)C(C)=O)c1. The molecule has 0 aliphatic carbocycles. The summed E-state index contributed by atoms with van der Waals surface area (Å²) in [6.07, 6.45) is 0.853. The average molecular weight is 282 g/mol. The Hall–Kier alpha value is -2.29. The highest BCUT2D eigenvalue weighted by Crippen LogP contribution is 2.20. The number of anilines is 2. The topological polar surface area (TPSA) is 32.3 Å². The summed E-state index contributed by atoms with van der Waals surface area (Å²) >= 11 is 0. The highest BCUT2D eigenvalue weighted by atomic mass is 16.2. The normalized spacial score (nSPS) is 10.2. The standard InChI is InChI=1S/C18H22N2O/c1-3-19-17-10-7-11-18(14-17)20(15(2)21)13-12-16-8-5-4-6-9-16/h4-11,14,19H,3,12-13H2,1-2H3. The number of benzene rings is 2. The molecule has 0 radical (unpaired) electrons. The van der Waals surface area contributed by atoms with Crippen LogP contribution in [0.5, 0.6) is 0 Å². The quantitative estimate of drug-likeness (QED) is 0.876. The summed E-state index contributed by atoms with van der Waals surface area (Å²) in [4.78, 5) is 13.8. The number of carbonyl (C=O) groups excluding carboxylic acids is 1. The third-order valence-corrected chi connectivity index (χ3v) is 3.39. The molecule has 0 bridgehead atoms. The minimum absolute atomic E-state index is 0.0691. The van der Waals surface area contributed by atoms with Crippen molar-refractivity contribution >= 4 is 17.3 Å². The zero-order valence-electron chi connectivity index (χ0n) is 12.7. The molecule has 2 aromatic rings. The van der Waals surface area contributed by atoms with Crippen molar-refractivity contribution in [2.24, 2.45) is 0 Å². The van der Waals surface area contributed by atoms with Gasteiger partial charge >= 0.3 is 0 Å². The Kier molecular flexibility index (Phi) is 5.38. The first-order chi connectivity index (χ1) is 10.2. The Morgan fingerprint density at radius 1 is 1.10 bits per heavy atom. The lowest BCUT2D eigenvalue weighted by atomic mass is 10.1. The predicted octanol–water partition coefficient (Wildman–Crippen LogP) is 3.71. The van der Waals surface area contributed by atoms with Crippen molar-refractivity contribution < 1.29 is 4.79 Å². The fourth-order valence-corrected chi connectivity index (χ4v) is 2.34. The van der Waals surface area contributed by atoms with Gasteiger partial charge in [-0.25, -0.2) is 0 Å². The Labute approximate surface area is 126 Å². The lowest BCUT2D eigenvalue weighted by Crippen LogP contribution is -2.30. The van der Waals surface area contributed by atoms with Crippen molar-refractivity contribution in [2.75, 3.05) is 23.3 Å². The van der Waals surface area contributed by atoms with Gasteiger partial charge in [0, 0.05) is 31.4 Å². The number of nitrogens with one attached hydrogen (secondary N) is 1. The van der Waals surface area contributed by atoms with Crippen LogP contribution < -0.4 is 10.2 Å².